The minimum atomic E-state index is -4.51. The monoisotopic (exact) mass is 401 g/mol. The van der Waals surface area contributed by atoms with Crippen molar-refractivity contribution in [1.29, 1.82) is 5.26 Å². The van der Waals surface area contributed by atoms with Crippen molar-refractivity contribution in [2.24, 2.45) is 0 Å². The molecule has 7 nitrogen and oxygen atoms in total. The number of hydrogen-bond acceptors (Lipinski definition) is 6. The van der Waals surface area contributed by atoms with Crippen molar-refractivity contribution >= 4 is 0 Å². The third kappa shape index (κ3) is 4.05. The minimum absolute atomic E-state index is 0.0107. The summed E-state index contributed by atoms with van der Waals surface area (Å²) < 4.78 is 49.5. The second-order valence-corrected chi connectivity index (χ2v) is 6.42. The molecule has 1 atom stereocenters. The van der Waals surface area contributed by atoms with Crippen LogP contribution in [0.4, 0.5) is 13.2 Å². The number of nitrogens with one attached hydrogen (secondary N) is 1. The van der Waals surface area contributed by atoms with Gasteiger partial charge in [-0.05, 0) is 29.8 Å². The lowest BCUT2D eigenvalue weighted by Gasteiger charge is -2.26. The van der Waals surface area contributed by atoms with Gasteiger partial charge in [0.2, 0.25) is 0 Å². The fourth-order valence-electron chi connectivity index (χ4n) is 2.83. The molecule has 29 heavy (non-hydrogen) atoms. The molecule has 2 aromatic heterocycles. The van der Waals surface area contributed by atoms with Crippen molar-refractivity contribution in [3.63, 3.8) is 0 Å². The molecule has 0 aliphatic carbocycles. The number of nitrogens with zero attached hydrogens (tertiary/aromatic N) is 4. The SMILES string of the molecule is N#Cc1[nH]nnc1-c1cc(OCC2CCO2)cc(-c2ccc(C(F)(F)F)nc2)c1. The molecule has 1 aliphatic heterocycles. The highest BCUT2D eigenvalue weighted by Crippen LogP contribution is 2.33. The zero-order chi connectivity index (χ0) is 20.4. The van der Waals surface area contributed by atoms with E-state index < -0.39 is 11.9 Å². The standard InChI is InChI=1S/C19H14F3N5O2/c20-19(21,22)17-2-1-11(9-24-17)12-5-13(18-16(8-23)25-27-26-18)7-15(6-12)29-10-14-3-4-28-14/h1-2,5-7,9,14H,3-4,10H2,(H,25,26,27). The molecule has 10 heteroatoms. The van der Waals surface area contributed by atoms with Crippen LogP contribution in [0.5, 0.6) is 5.75 Å². The van der Waals surface area contributed by atoms with E-state index >= 15 is 0 Å². The molecule has 3 aromatic rings. The summed E-state index contributed by atoms with van der Waals surface area (Å²) in [7, 11) is 0. The average Bonchev–Trinajstić information content (AvgIpc) is 3.15. The molecule has 148 valence electrons. The van der Waals surface area contributed by atoms with Crippen LogP contribution in [0, 0.1) is 11.3 Å². The van der Waals surface area contributed by atoms with Crippen LogP contribution < -0.4 is 4.74 Å². The summed E-state index contributed by atoms with van der Waals surface area (Å²) in [6.45, 7) is 1.04. The fourth-order valence-corrected chi connectivity index (χ4v) is 2.83. The first-order chi connectivity index (χ1) is 13.9. The van der Waals surface area contributed by atoms with E-state index in [-0.39, 0.29) is 11.8 Å². The normalized spacial score (nSPS) is 16.1. The highest BCUT2D eigenvalue weighted by Gasteiger charge is 2.32. The first-order valence-electron chi connectivity index (χ1n) is 8.68. The smallest absolute Gasteiger partial charge is 0.433 e. The molecular formula is C19H14F3N5O2. The zero-order valence-electron chi connectivity index (χ0n) is 14.9. The molecule has 1 N–H and O–H groups in total. The van der Waals surface area contributed by atoms with E-state index in [9.17, 15) is 18.4 Å². The first kappa shape index (κ1) is 18.9. The highest BCUT2D eigenvalue weighted by atomic mass is 19.4. The number of aromatic amines is 1. The lowest BCUT2D eigenvalue weighted by Crippen LogP contribution is -2.32. The quantitative estimate of drug-likeness (QED) is 0.702. The summed E-state index contributed by atoms with van der Waals surface area (Å²) in [5.41, 5.74) is 1.09. The number of pyridine rings is 1. The Labute approximate surface area is 163 Å². The Morgan fingerprint density at radius 2 is 2.00 bits per heavy atom. The van der Waals surface area contributed by atoms with Gasteiger partial charge in [0.25, 0.3) is 0 Å². The van der Waals surface area contributed by atoms with Crippen LogP contribution in [0.3, 0.4) is 0 Å². The Balaban J connectivity index is 1.71. The summed E-state index contributed by atoms with van der Waals surface area (Å²) in [5, 5.41) is 19.3. The van der Waals surface area contributed by atoms with Crippen molar-refractivity contribution < 1.29 is 22.6 Å². The van der Waals surface area contributed by atoms with Crippen LogP contribution in [-0.4, -0.2) is 39.7 Å². The van der Waals surface area contributed by atoms with Crippen molar-refractivity contribution in [1.82, 2.24) is 20.4 Å². The predicted octanol–water partition coefficient (Wildman–Crippen LogP) is 3.59. The Morgan fingerprint density at radius 3 is 2.62 bits per heavy atom. The van der Waals surface area contributed by atoms with Gasteiger partial charge in [0.15, 0.2) is 5.69 Å². The Hall–Kier alpha value is -3.45. The first-order valence-corrected chi connectivity index (χ1v) is 8.68. The number of alkyl halides is 3. The third-order valence-electron chi connectivity index (χ3n) is 4.46. The lowest BCUT2D eigenvalue weighted by atomic mass is 10.0. The molecule has 0 spiro atoms. The van der Waals surface area contributed by atoms with Gasteiger partial charge in [-0.25, -0.2) is 5.10 Å². The number of halogens is 3. The molecule has 1 fully saturated rings. The molecule has 0 saturated carbocycles. The fraction of sp³-hybridized carbons (Fsp3) is 0.263. The van der Waals surface area contributed by atoms with Crippen molar-refractivity contribution in [3.8, 4) is 34.2 Å². The summed E-state index contributed by atoms with van der Waals surface area (Å²) in [6.07, 6.45) is -2.46. The van der Waals surface area contributed by atoms with Gasteiger partial charge < -0.3 is 9.47 Å². The molecule has 1 aliphatic rings. The number of nitriles is 1. The largest absolute Gasteiger partial charge is 0.491 e. The second-order valence-electron chi connectivity index (χ2n) is 6.42. The van der Waals surface area contributed by atoms with Crippen LogP contribution in [0.2, 0.25) is 0 Å². The summed E-state index contributed by atoms with van der Waals surface area (Å²) in [5.74, 6) is 0.472. The zero-order valence-corrected chi connectivity index (χ0v) is 14.9. The number of hydrogen-bond donors (Lipinski definition) is 1. The summed E-state index contributed by atoms with van der Waals surface area (Å²) in [4.78, 5) is 3.51. The molecule has 0 bridgehead atoms. The van der Waals surface area contributed by atoms with E-state index in [0.29, 0.717) is 41.3 Å². The van der Waals surface area contributed by atoms with E-state index in [1.54, 1.807) is 18.2 Å². The summed E-state index contributed by atoms with van der Waals surface area (Å²) in [6, 6.07) is 9.30. The second kappa shape index (κ2) is 7.52. The molecule has 1 aromatic carbocycles. The van der Waals surface area contributed by atoms with E-state index in [4.69, 9.17) is 9.47 Å². The van der Waals surface area contributed by atoms with Gasteiger partial charge in [-0.2, -0.15) is 18.4 Å². The average molecular weight is 401 g/mol. The number of ether oxygens (including phenoxy) is 2. The Morgan fingerprint density at radius 1 is 1.21 bits per heavy atom. The van der Waals surface area contributed by atoms with Crippen molar-refractivity contribution in [2.75, 3.05) is 13.2 Å². The Kier molecular flexibility index (Phi) is 4.90. The van der Waals surface area contributed by atoms with Crippen LogP contribution in [-0.2, 0) is 10.9 Å². The summed E-state index contributed by atoms with van der Waals surface area (Å²) >= 11 is 0. The third-order valence-corrected chi connectivity index (χ3v) is 4.46. The van der Waals surface area contributed by atoms with Crippen LogP contribution in [0.15, 0.2) is 36.5 Å². The van der Waals surface area contributed by atoms with Crippen molar-refractivity contribution in [2.45, 2.75) is 18.7 Å². The molecular weight excluding hydrogens is 387 g/mol. The number of H-pyrrole nitrogens is 1. The van der Waals surface area contributed by atoms with E-state index in [0.717, 1.165) is 18.7 Å². The van der Waals surface area contributed by atoms with Gasteiger partial charge in [-0.3, -0.25) is 4.98 Å². The van der Waals surface area contributed by atoms with E-state index in [1.807, 2.05) is 6.07 Å². The number of aromatic nitrogens is 4. The van der Waals surface area contributed by atoms with E-state index in [1.165, 1.54) is 6.07 Å². The van der Waals surface area contributed by atoms with Crippen LogP contribution in [0.1, 0.15) is 17.8 Å². The minimum Gasteiger partial charge on any atom is -0.491 e. The molecule has 3 heterocycles. The van der Waals surface area contributed by atoms with Gasteiger partial charge in [0.1, 0.15) is 29.8 Å². The van der Waals surface area contributed by atoms with E-state index in [2.05, 4.69) is 20.4 Å². The molecule has 1 saturated heterocycles. The Bertz CT molecular complexity index is 1050. The molecule has 4 rings (SSSR count). The van der Waals surface area contributed by atoms with Crippen LogP contribution >= 0.6 is 0 Å². The lowest BCUT2D eigenvalue weighted by molar-refractivity contribution is -0.141. The number of rotatable bonds is 5. The van der Waals surface area contributed by atoms with Crippen molar-refractivity contribution in [3.05, 3.63) is 47.9 Å². The highest BCUT2D eigenvalue weighted by molar-refractivity contribution is 5.75. The molecule has 0 radical (unpaired) electrons. The maximum Gasteiger partial charge on any atom is 0.433 e. The topological polar surface area (TPSA) is 96.7 Å². The van der Waals surface area contributed by atoms with Gasteiger partial charge in [0, 0.05) is 30.4 Å². The maximum absolute atomic E-state index is 12.8. The van der Waals surface area contributed by atoms with Gasteiger partial charge >= 0.3 is 6.18 Å². The predicted molar refractivity (Wildman–Crippen MR) is 94.6 cm³/mol. The van der Waals surface area contributed by atoms with Gasteiger partial charge in [-0.15, -0.1) is 5.10 Å². The van der Waals surface area contributed by atoms with Crippen LogP contribution in [0.25, 0.3) is 22.4 Å². The molecule has 0 amide bonds. The van der Waals surface area contributed by atoms with Gasteiger partial charge in [0.05, 0.1) is 6.10 Å². The molecule has 1 unspecified atom stereocenters. The van der Waals surface area contributed by atoms with Gasteiger partial charge in [-0.1, -0.05) is 11.3 Å². The maximum atomic E-state index is 12.8. The number of benzene rings is 1.